The van der Waals surface area contributed by atoms with Crippen LogP contribution in [0.15, 0.2) is 30.9 Å². The number of methoxy groups -OCH3 is 1. The van der Waals surface area contributed by atoms with Crippen LogP contribution in [0, 0.1) is 0 Å². The average molecular weight is 265 g/mol. The van der Waals surface area contributed by atoms with Crippen molar-refractivity contribution in [3.8, 4) is 11.5 Å². The second-order valence-corrected chi connectivity index (χ2v) is 4.16. The normalized spacial score (nSPS) is 10.2. The number of rotatable bonds is 10. The van der Waals surface area contributed by atoms with E-state index < -0.39 is 0 Å². The zero-order valence-electron chi connectivity index (χ0n) is 11.5. The molecule has 1 aromatic rings. The number of benzene rings is 1. The van der Waals surface area contributed by atoms with Gasteiger partial charge in [-0.25, -0.2) is 0 Å². The summed E-state index contributed by atoms with van der Waals surface area (Å²) in [5.74, 6) is 1.50. The first-order valence-electron chi connectivity index (χ1n) is 6.54. The van der Waals surface area contributed by atoms with Crippen molar-refractivity contribution < 1.29 is 14.6 Å². The van der Waals surface area contributed by atoms with Crippen molar-refractivity contribution in [1.29, 1.82) is 0 Å². The molecule has 0 aromatic heterocycles. The minimum absolute atomic E-state index is 0.245. The molecule has 0 unspecified atom stereocenters. The van der Waals surface area contributed by atoms with Gasteiger partial charge in [-0.1, -0.05) is 24.8 Å². The second kappa shape index (κ2) is 9.42. The molecular weight excluding hydrogens is 242 g/mol. The van der Waals surface area contributed by atoms with E-state index in [1.807, 2.05) is 18.2 Å². The monoisotopic (exact) mass is 265 g/mol. The third kappa shape index (κ3) is 5.32. The first kappa shape index (κ1) is 15.5. The van der Waals surface area contributed by atoms with Crippen LogP contribution in [0.3, 0.4) is 0 Å². The van der Waals surface area contributed by atoms with Gasteiger partial charge in [0.1, 0.15) is 6.61 Å². The Kier molecular flexibility index (Phi) is 7.70. The Hall–Kier alpha value is -1.52. The van der Waals surface area contributed by atoms with Gasteiger partial charge in [-0.2, -0.15) is 0 Å². The summed E-state index contributed by atoms with van der Waals surface area (Å²) in [6.07, 6.45) is 3.50. The Balaban J connectivity index is 2.61. The van der Waals surface area contributed by atoms with Crippen LogP contribution in [-0.2, 0) is 6.54 Å². The van der Waals surface area contributed by atoms with Gasteiger partial charge < -0.3 is 19.9 Å². The first-order valence-corrected chi connectivity index (χ1v) is 6.54. The number of aliphatic hydroxyl groups excluding tert-OH is 1. The predicted molar refractivity (Wildman–Crippen MR) is 76.7 cm³/mol. The zero-order chi connectivity index (χ0) is 13.9. The zero-order valence-corrected chi connectivity index (χ0v) is 11.5. The summed E-state index contributed by atoms with van der Waals surface area (Å²) >= 11 is 0. The third-order valence-corrected chi connectivity index (χ3v) is 2.70. The molecule has 2 N–H and O–H groups in total. The fourth-order valence-corrected chi connectivity index (χ4v) is 1.75. The molecular formula is C15H23NO3. The van der Waals surface area contributed by atoms with Crippen molar-refractivity contribution in [2.75, 3.05) is 26.9 Å². The van der Waals surface area contributed by atoms with Crippen LogP contribution in [0.25, 0.3) is 0 Å². The van der Waals surface area contributed by atoms with E-state index in [4.69, 9.17) is 14.6 Å². The molecule has 0 amide bonds. The number of aliphatic hydroxyl groups is 1. The summed E-state index contributed by atoms with van der Waals surface area (Å²) in [6, 6.07) is 5.85. The van der Waals surface area contributed by atoms with Gasteiger partial charge >= 0.3 is 0 Å². The van der Waals surface area contributed by atoms with E-state index >= 15 is 0 Å². The van der Waals surface area contributed by atoms with Crippen LogP contribution in [0.2, 0.25) is 0 Å². The average Bonchev–Trinajstić information content (AvgIpc) is 2.45. The van der Waals surface area contributed by atoms with E-state index in [0.29, 0.717) is 6.61 Å². The molecule has 0 spiro atoms. The molecule has 106 valence electrons. The molecule has 0 aliphatic heterocycles. The van der Waals surface area contributed by atoms with E-state index in [1.54, 1.807) is 13.2 Å². The predicted octanol–water partition coefficient (Wildman–Crippen LogP) is 2.12. The van der Waals surface area contributed by atoms with Crippen molar-refractivity contribution in [3.63, 3.8) is 0 Å². The van der Waals surface area contributed by atoms with Gasteiger partial charge in [0, 0.05) is 18.7 Å². The topological polar surface area (TPSA) is 50.7 Å². The summed E-state index contributed by atoms with van der Waals surface area (Å²) in [6.45, 7) is 5.94. The fraction of sp³-hybridized carbons (Fsp3) is 0.467. The lowest BCUT2D eigenvalue weighted by molar-refractivity contribution is 0.283. The molecule has 4 nitrogen and oxygen atoms in total. The van der Waals surface area contributed by atoms with E-state index in [-0.39, 0.29) is 6.61 Å². The van der Waals surface area contributed by atoms with Gasteiger partial charge in [0.2, 0.25) is 0 Å². The number of ether oxygens (including phenoxy) is 2. The third-order valence-electron chi connectivity index (χ3n) is 2.70. The Labute approximate surface area is 115 Å². The Morgan fingerprint density at radius 1 is 1.37 bits per heavy atom. The van der Waals surface area contributed by atoms with Gasteiger partial charge in [0.25, 0.3) is 0 Å². The van der Waals surface area contributed by atoms with Crippen LogP contribution in [0.4, 0.5) is 0 Å². The molecule has 0 saturated heterocycles. The van der Waals surface area contributed by atoms with Crippen LogP contribution in [0.1, 0.15) is 18.4 Å². The van der Waals surface area contributed by atoms with Crippen LogP contribution >= 0.6 is 0 Å². The standard InChI is InChI=1S/C15H23NO3/c1-3-11-19-15-13(7-6-8-14(15)18-2)12-16-9-4-5-10-17/h3,6-8,16-17H,1,4-5,9-12H2,2H3. The molecule has 4 heteroatoms. The maximum Gasteiger partial charge on any atom is 0.166 e. The number of hydrogen-bond donors (Lipinski definition) is 2. The Morgan fingerprint density at radius 2 is 2.21 bits per heavy atom. The maximum absolute atomic E-state index is 8.72. The number of nitrogens with one attached hydrogen (secondary N) is 1. The number of unbranched alkanes of at least 4 members (excludes halogenated alkanes) is 1. The molecule has 1 aromatic carbocycles. The van der Waals surface area contributed by atoms with Crippen molar-refractivity contribution in [1.82, 2.24) is 5.32 Å². The van der Waals surface area contributed by atoms with Gasteiger partial charge in [0.15, 0.2) is 11.5 Å². The highest BCUT2D eigenvalue weighted by atomic mass is 16.5. The van der Waals surface area contributed by atoms with E-state index in [1.165, 1.54) is 0 Å². The van der Waals surface area contributed by atoms with E-state index in [2.05, 4.69) is 11.9 Å². The molecule has 0 bridgehead atoms. The van der Waals surface area contributed by atoms with Crippen LogP contribution in [-0.4, -0.2) is 32.0 Å². The lowest BCUT2D eigenvalue weighted by atomic mass is 10.1. The molecule has 0 aliphatic carbocycles. The Morgan fingerprint density at radius 3 is 2.89 bits per heavy atom. The summed E-state index contributed by atoms with van der Waals surface area (Å²) in [5, 5.41) is 12.1. The summed E-state index contributed by atoms with van der Waals surface area (Å²) in [4.78, 5) is 0. The lowest BCUT2D eigenvalue weighted by Gasteiger charge is -2.14. The highest BCUT2D eigenvalue weighted by Crippen LogP contribution is 2.31. The number of hydrogen-bond acceptors (Lipinski definition) is 4. The minimum Gasteiger partial charge on any atom is -0.493 e. The van der Waals surface area contributed by atoms with Crippen molar-refractivity contribution in [2.45, 2.75) is 19.4 Å². The Bertz CT molecular complexity index is 380. The summed E-state index contributed by atoms with van der Waals surface area (Å²) < 4.78 is 11.0. The molecule has 0 radical (unpaired) electrons. The molecule has 0 heterocycles. The summed E-state index contributed by atoms with van der Waals surface area (Å²) in [5.41, 5.74) is 1.06. The molecule has 0 atom stereocenters. The van der Waals surface area contributed by atoms with Crippen molar-refractivity contribution >= 4 is 0 Å². The van der Waals surface area contributed by atoms with Gasteiger partial charge in [0.05, 0.1) is 7.11 Å². The van der Waals surface area contributed by atoms with Gasteiger partial charge in [-0.3, -0.25) is 0 Å². The highest BCUT2D eigenvalue weighted by Gasteiger charge is 2.09. The molecule has 0 aliphatic rings. The van der Waals surface area contributed by atoms with Crippen LogP contribution in [0.5, 0.6) is 11.5 Å². The first-order chi connectivity index (χ1) is 9.33. The quantitative estimate of drug-likeness (QED) is 0.502. The second-order valence-electron chi connectivity index (χ2n) is 4.16. The summed E-state index contributed by atoms with van der Waals surface area (Å²) in [7, 11) is 1.63. The SMILES string of the molecule is C=CCOc1c(CNCCCCO)cccc1OC. The maximum atomic E-state index is 8.72. The van der Waals surface area contributed by atoms with E-state index in [9.17, 15) is 0 Å². The largest absolute Gasteiger partial charge is 0.493 e. The van der Waals surface area contributed by atoms with Crippen molar-refractivity contribution in [2.24, 2.45) is 0 Å². The van der Waals surface area contributed by atoms with Crippen molar-refractivity contribution in [3.05, 3.63) is 36.4 Å². The minimum atomic E-state index is 0.245. The molecule has 1 rings (SSSR count). The molecule has 19 heavy (non-hydrogen) atoms. The number of para-hydroxylation sites is 1. The van der Waals surface area contributed by atoms with Crippen LogP contribution < -0.4 is 14.8 Å². The molecule has 0 fully saturated rings. The van der Waals surface area contributed by atoms with Gasteiger partial charge in [-0.15, -0.1) is 0 Å². The molecule has 0 saturated carbocycles. The lowest BCUT2D eigenvalue weighted by Crippen LogP contribution is -2.16. The smallest absolute Gasteiger partial charge is 0.166 e. The van der Waals surface area contributed by atoms with Gasteiger partial charge in [-0.05, 0) is 25.5 Å². The fourth-order valence-electron chi connectivity index (χ4n) is 1.75. The van der Waals surface area contributed by atoms with E-state index in [0.717, 1.165) is 43.0 Å². The highest BCUT2D eigenvalue weighted by molar-refractivity contribution is 5.46.